The second-order valence-corrected chi connectivity index (χ2v) is 8.02. The Labute approximate surface area is 131 Å². The van der Waals surface area contributed by atoms with E-state index in [-0.39, 0.29) is 29.6 Å². The lowest BCUT2D eigenvalue weighted by atomic mass is 9.91. The highest BCUT2D eigenvalue weighted by atomic mass is 32.2. The molecule has 1 amide bonds. The molecule has 1 aliphatic rings. The van der Waals surface area contributed by atoms with E-state index in [1.54, 1.807) is 6.07 Å². The summed E-state index contributed by atoms with van der Waals surface area (Å²) >= 11 is 0. The lowest BCUT2D eigenvalue weighted by molar-refractivity contribution is 0.0925. The SMILES string of the molecule is CC(C)[C@H]1CN(S(C)(=O)=O)C[C@@H]1NC(=O)c1ccnc(N)c1. The van der Waals surface area contributed by atoms with E-state index >= 15 is 0 Å². The van der Waals surface area contributed by atoms with Crippen LogP contribution in [0.1, 0.15) is 24.2 Å². The molecule has 1 aliphatic heterocycles. The molecule has 22 heavy (non-hydrogen) atoms. The third kappa shape index (κ3) is 3.75. The van der Waals surface area contributed by atoms with Crippen LogP contribution in [-0.2, 0) is 10.0 Å². The van der Waals surface area contributed by atoms with E-state index in [4.69, 9.17) is 5.73 Å². The van der Waals surface area contributed by atoms with Crippen LogP contribution >= 0.6 is 0 Å². The number of hydrogen-bond acceptors (Lipinski definition) is 5. The zero-order valence-corrected chi connectivity index (χ0v) is 13.8. The Balaban J connectivity index is 2.14. The van der Waals surface area contributed by atoms with Gasteiger partial charge in [0.25, 0.3) is 5.91 Å². The van der Waals surface area contributed by atoms with Gasteiger partial charge in [0.2, 0.25) is 10.0 Å². The van der Waals surface area contributed by atoms with Gasteiger partial charge in [0.1, 0.15) is 5.82 Å². The number of carbonyl (C=O) groups is 1. The number of hydrogen-bond donors (Lipinski definition) is 2. The van der Waals surface area contributed by atoms with Crippen LogP contribution in [-0.4, -0.2) is 49.0 Å². The molecule has 3 N–H and O–H groups in total. The maximum absolute atomic E-state index is 12.3. The van der Waals surface area contributed by atoms with Crippen LogP contribution in [0.25, 0.3) is 0 Å². The first-order valence-corrected chi connectivity index (χ1v) is 9.01. The largest absolute Gasteiger partial charge is 0.384 e. The van der Waals surface area contributed by atoms with Crippen molar-refractivity contribution in [1.82, 2.24) is 14.6 Å². The van der Waals surface area contributed by atoms with Gasteiger partial charge in [-0.2, -0.15) is 4.31 Å². The number of aromatic nitrogens is 1. The van der Waals surface area contributed by atoms with Crippen molar-refractivity contribution in [2.75, 3.05) is 25.1 Å². The molecule has 8 heteroatoms. The fourth-order valence-corrected chi connectivity index (χ4v) is 3.61. The molecule has 1 saturated heterocycles. The second-order valence-electron chi connectivity index (χ2n) is 6.04. The monoisotopic (exact) mass is 326 g/mol. The van der Waals surface area contributed by atoms with E-state index in [0.29, 0.717) is 18.7 Å². The first-order valence-electron chi connectivity index (χ1n) is 7.16. The van der Waals surface area contributed by atoms with Gasteiger partial charge in [0, 0.05) is 30.9 Å². The molecule has 0 radical (unpaired) electrons. The molecule has 122 valence electrons. The fraction of sp³-hybridized carbons (Fsp3) is 0.571. The van der Waals surface area contributed by atoms with Gasteiger partial charge in [0.05, 0.1) is 6.26 Å². The number of nitrogens with two attached hydrogens (primary N) is 1. The Bertz CT molecular complexity index is 660. The lowest BCUT2D eigenvalue weighted by Gasteiger charge is -2.22. The second kappa shape index (κ2) is 6.21. The highest BCUT2D eigenvalue weighted by molar-refractivity contribution is 7.88. The molecular formula is C14H22N4O3S. The van der Waals surface area contributed by atoms with Crippen LogP contribution in [0.15, 0.2) is 18.3 Å². The Morgan fingerprint density at radius 2 is 2.14 bits per heavy atom. The van der Waals surface area contributed by atoms with Crippen LogP contribution < -0.4 is 11.1 Å². The highest BCUT2D eigenvalue weighted by Gasteiger charge is 2.39. The Morgan fingerprint density at radius 1 is 1.45 bits per heavy atom. The van der Waals surface area contributed by atoms with Crippen molar-refractivity contribution in [2.45, 2.75) is 19.9 Å². The maximum Gasteiger partial charge on any atom is 0.251 e. The first-order chi connectivity index (χ1) is 10.2. The molecule has 0 spiro atoms. The quantitative estimate of drug-likeness (QED) is 0.828. The van der Waals surface area contributed by atoms with Crippen LogP contribution in [0.4, 0.5) is 5.82 Å². The summed E-state index contributed by atoms with van der Waals surface area (Å²) < 4.78 is 24.9. The van der Waals surface area contributed by atoms with Crippen molar-refractivity contribution < 1.29 is 13.2 Å². The summed E-state index contributed by atoms with van der Waals surface area (Å²) in [6.45, 7) is 4.79. The topological polar surface area (TPSA) is 105 Å². The van der Waals surface area contributed by atoms with Gasteiger partial charge in [-0.15, -0.1) is 0 Å². The third-order valence-electron chi connectivity index (χ3n) is 4.02. The molecule has 0 aromatic carbocycles. The Morgan fingerprint density at radius 3 is 2.68 bits per heavy atom. The van der Waals surface area contributed by atoms with Crippen molar-refractivity contribution in [3.8, 4) is 0 Å². The minimum Gasteiger partial charge on any atom is -0.384 e. The predicted octanol–water partition coefficient (Wildman–Crippen LogP) is 0.310. The van der Waals surface area contributed by atoms with Gasteiger partial charge in [-0.25, -0.2) is 13.4 Å². The van der Waals surface area contributed by atoms with Crippen molar-refractivity contribution in [1.29, 1.82) is 0 Å². The van der Waals surface area contributed by atoms with Crippen molar-refractivity contribution in [3.05, 3.63) is 23.9 Å². The Hall–Kier alpha value is -1.67. The zero-order valence-electron chi connectivity index (χ0n) is 13.0. The molecule has 0 aliphatic carbocycles. The number of carbonyl (C=O) groups excluding carboxylic acids is 1. The fourth-order valence-electron chi connectivity index (χ4n) is 2.73. The number of nitrogen functional groups attached to an aromatic ring is 1. The Kier molecular flexibility index (Phi) is 4.72. The minimum atomic E-state index is -3.26. The van der Waals surface area contributed by atoms with Crippen LogP contribution in [0.3, 0.4) is 0 Å². The summed E-state index contributed by atoms with van der Waals surface area (Å²) in [4.78, 5) is 16.2. The molecular weight excluding hydrogens is 304 g/mol. The summed E-state index contributed by atoms with van der Waals surface area (Å²) in [7, 11) is -3.26. The molecule has 7 nitrogen and oxygen atoms in total. The number of amides is 1. The zero-order chi connectivity index (χ0) is 16.5. The van der Waals surface area contributed by atoms with E-state index in [2.05, 4.69) is 10.3 Å². The van der Waals surface area contributed by atoms with E-state index in [9.17, 15) is 13.2 Å². The lowest BCUT2D eigenvalue weighted by Crippen LogP contribution is -2.42. The van der Waals surface area contributed by atoms with Crippen LogP contribution in [0.5, 0.6) is 0 Å². The average molecular weight is 326 g/mol. The maximum atomic E-state index is 12.3. The summed E-state index contributed by atoms with van der Waals surface area (Å²) in [5.41, 5.74) is 6.00. The van der Waals surface area contributed by atoms with E-state index in [1.807, 2.05) is 13.8 Å². The number of sulfonamides is 1. The summed E-state index contributed by atoms with van der Waals surface area (Å²) in [5.74, 6) is 0.356. The van der Waals surface area contributed by atoms with Crippen molar-refractivity contribution in [3.63, 3.8) is 0 Å². The predicted molar refractivity (Wildman–Crippen MR) is 84.6 cm³/mol. The van der Waals surface area contributed by atoms with Crippen LogP contribution in [0, 0.1) is 11.8 Å². The van der Waals surface area contributed by atoms with E-state index in [1.165, 1.54) is 22.8 Å². The first kappa shape index (κ1) is 16.7. The smallest absolute Gasteiger partial charge is 0.251 e. The van der Waals surface area contributed by atoms with Crippen molar-refractivity contribution >= 4 is 21.7 Å². The van der Waals surface area contributed by atoms with E-state index < -0.39 is 10.0 Å². The molecule has 2 atom stereocenters. The van der Waals surface area contributed by atoms with Gasteiger partial charge in [0.15, 0.2) is 0 Å². The molecule has 2 heterocycles. The van der Waals surface area contributed by atoms with E-state index in [0.717, 1.165) is 0 Å². The standard InChI is InChI=1S/C14H22N4O3S/c1-9(2)11-7-18(22(3,20)21)8-12(11)17-14(19)10-4-5-16-13(15)6-10/h4-6,9,11-12H,7-8H2,1-3H3,(H2,15,16)(H,17,19)/t11-,12+/m1/s1. The summed E-state index contributed by atoms with van der Waals surface area (Å²) in [5, 5.41) is 2.93. The van der Waals surface area contributed by atoms with Gasteiger partial charge < -0.3 is 11.1 Å². The van der Waals surface area contributed by atoms with Gasteiger partial charge in [-0.1, -0.05) is 13.8 Å². The minimum absolute atomic E-state index is 0.0814. The number of rotatable bonds is 4. The van der Waals surface area contributed by atoms with Crippen molar-refractivity contribution in [2.24, 2.45) is 11.8 Å². The third-order valence-corrected chi connectivity index (χ3v) is 5.25. The molecule has 1 fully saturated rings. The summed E-state index contributed by atoms with van der Waals surface area (Å²) in [6.07, 6.45) is 2.67. The number of pyridine rings is 1. The number of anilines is 1. The normalized spacial score (nSPS) is 22.9. The molecule has 1 aromatic rings. The molecule has 0 unspecified atom stereocenters. The molecule has 2 rings (SSSR count). The number of nitrogens with zero attached hydrogens (tertiary/aromatic N) is 2. The van der Waals surface area contributed by atoms with Gasteiger partial charge in [-0.3, -0.25) is 4.79 Å². The van der Waals surface area contributed by atoms with Gasteiger partial charge >= 0.3 is 0 Å². The summed E-state index contributed by atoms with van der Waals surface area (Å²) in [6, 6.07) is 2.87. The molecule has 1 aromatic heterocycles. The van der Waals surface area contributed by atoms with Gasteiger partial charge in [-0.05, 0) is 24.0 Å². The van der Waals surface area contributed by atoms with Crippen LogP contribution in [0.2, 0.25) is 0 Å². The average Bonchev–Trinajstić information content (AvgIpc) is 2.82. The number of nitrogens with one attached hydrogen (secondary N) is 1. The molecule has 0 bridgehead atoms. The molecule has 0 saturated carbocycles. The highest BCUT2D eigenvalue weighted by Crippen LogP contribution is 2.26.